The van der Waals surface area contributed by atoms with Crippen molar-refractivity contribution in [2.45, 2.75) is 25.9 Å². The monoisotopic (exact) mass is 294 g/mol. The zero-order valence-corrected chi connectivity index (χ0v) is 12.2. The van der Waals surface area contributed by atoms with Crippen LogP contribution in [0, 0.1) is 0 Å². The molecule has 2 aliphatic heterocycles. The molecule has 0 saturated heterocycles. The zero-order chi connectivity index (χ0) is 11.4. The van der Waals surface area contributed by atoms with Crippen LogP contribution in [0.25, 0.3) is 0 Å². The summed E-state index contributed by atoms with van der Waals surface area (Å²) in [7, 11) is 0. The van der Waals surface area contributed by atoms with Gasteiger partial charge in [0, 0.05) is 13.1 Å². The molecule has 0 radical (unpaired) electrons. The summed E-state index contributed by atoms with van der Waals surface area (Å²) in [5.41, 5.74) is 0. The third-order valence-electron chi connectivity index (χ3n) is 2.60. The largest absolute Gasteiger partial charge is 0.370 e. The van der Waals surface area contributed by atoms with Crippen LogP contribution in [0.3, 0.4) is 0 Å². The van der Waals surface area contributed by atoms with Gasteiger partial charge in [0.2, 0.25) is 0 Å². The Morgan fingerprint density at radius 1 is 0.889 bits per heavy atom. The summed E-state index contributed by atoms with van der Waals surface area (Å²) >= 11 is 0. The number of azo groups is 1. The van der Waals surface area contributed by atoms with Gasteiger partial charge in [-0.3, -0.25) is 9.98 Å². The second-order valence-corrected chi connectivity index (χ2v) is 3.97. The predicted octanol–water partition coefficient (Wildman–Crippen LogP) is 1.06. The molecule has 0 amide bonds. The molecule has 0 bridgehead atoms. The van der Waals surface area contributed by atoms with E-state index in [0.29, 0.717) is 0 Å². The number of amidine groups is 2. The van der Waals surface area contributed by atoms with Gasteiger partial charge in [0.25, 0.3) is 0 Å². The number of hydrogen-bond donors (Lipinski definition) is 2. The van der Waals surface area contributed by atoms with Crippen LogP contribution in [-0.4, -0.2) is 49.9 Å². The van der Waals surface area contributed by atoms with Crippen molar-refractivity contribution in [3.8, 4) is 0 Å². The van der Waals surface area contributed by atoms with Crippen molar-refractivity contribution >= 4 is 36.5 Å². The fourth-order valence-electron chi connectivity index (χ4n) is 1.70. The van der Waals surface area contributed by atoms with Crippen LogP contribution < -0.4 is 10.6 Å². The van der Waals surface area contributed by atoms with E-state index in [1.165, 1.54) is 0 Å². The highest BCUT2D eigenvalue weighted by molar-refractivity contribution is 5.89. The Labute approximate surface area is 120 Å². The standard InChI is InChI=1S/C10H18N6.2ClH/c1-7(9-11-3-4-12-9)15-16-8(2)10-13-5-6-14-10;;/h7-8H,3-6H2,1-2H3,(H,11,12)(H,13,14);2*1H. The number of nitrogens with one attached hydrogen (secondary N) is 2. The lowest BCUT2D eigenvalue weighted by Crippen LogP contribution is -2.30. The predicted molar refractivity (Wildman–Crippen MR) is 78.9 cm³/mol. The molecule has 2 aliphatic rings. The van der Waals surface area contributed by atoms with E-state index < -0.39 is 0 Å². The highest BCUT2D eigenvalue weighted by atomic mass is 35.5. The van der Waals surface area contributed by atoms with E-state index in [0.717, 1.165) is 37.9 Å². The van der Waals surface area contributed by atoms with Gasteiger partial charge in [-0.2, -0.15) is 10.2 Å². The SMILES string of the molecule is CC(N=NC(C)C1=NCCN1)C1=NCCN1.Cl.Cl. The van der Waals surface area contributed by atoms with Gasteiger partial charge in [-0.15, -0.1) is 24.8 Å². The third-order valence-corrected chi connectivity index (χ3v) is 2.60. The van der Waals surface area contributed by atoms with Crippen molar-refractivity contribution in [1.82, 2.24) is 10.6 Å². The molecule has 2 atom stereocenters. The molecule has 2 rings (SSSR count). The second kappa shape index (κ2) is 8.26. The van der Waals surface area contributed by atoms with Crippen LogP contribution in [0.1, 0.15) is 13.8 Å². The van der Waals surface area contributed by atoms with E-state index in [4.69, 9.17) is 0 Å². The fraction of sp³-hybridized carbons (Fsp3) is 0.800. The maximum absolute atomic E-state index is 4.32. The molecule has 0 aliphatic carbocycles. The summed E-state index contributed by atoms with van der Waals surface area (Å²) in [6.07, 6.45) is 0. The zero-order valence-electron chi connectivity index (χ0n) is 10.6. The molecule has 8 heteroatoms. The summed E-state index contributed by atoms with van der Waals surface area (Å²) < 4.78 is 0. The van der Waals surface area contributed by atoms with E-state index >= 15 is 0 Å². The number of aliphatic imine (C=N–C) groups is 2. The van der Waals surface area contributed by atoms with Crippen molar-refractivity contribution in [3.05, 3.63) is 0 Å². The first-order chi connectivity index (χ1) is 7.77. The Morgan fingerprint density at radius 3 is 1.56 bits per heavy atom. The lowest BCUT2D eigenvalue weighted by atomic mass is 10.3. The molecule has 0 saturated carbocycles. The minimum absolute atomic E-state index is 0. The Bertz CT molecular complexity index is 309. The lowest BCUT2D eigenvalue weighted by molar-refractivity contribution is 0.762. The van der Waals surface area contributed by atoms with Crippen LogP contribution in [0.2, 0.25) is 0 Å². The summed E-state index contributed by atoms with van der Waals surface area (Å²) in [4.78, 5) is 8.63. The van der Waals surface area contributed by atoms with Crippen molar-refractivity contribution in [2.75, 3.05) is 26.2 Å². The van der Waals surface area contributed by atoms with Crippen molar-refractivity contribution in [2.24, 2.45) is 20.2 Å². The first-order valence-corrected chi connectivity index (χ1v) is 5.74. The van der Waals surface area contributed by atoms with Crippen LogP contribution in [0.5, 0.6) is 0 Å². The van der Waals surface area contributed by atoms with Gasteiger partial charge < -0.3 is 10.6 Å². The second-order valence-electron chi connectivity index (χ2n) is 3.97. The highest BCUT2D eigenvalue weighted by Crippen LogP contribution is 2.02. The van der Waals surface area contributed by atoms with E-state index in [9.17, 15) is 0 Å². The molecule has 2 N–H and O–H groups in total. The Morgan fingerprint density at radius 2 is 1.28 bits per heavy atom. The number of halogens is 2. The maximum Gasteiger partial charge on any atom is 0.125 e. The van der Waals surface area contributed by atoms with Crippen molar-refractivity contribution < 1.29 is 0 Å². The quantitative estimate of drug-likeness (QED) is 0.761. The van der Waals surface area contributed by atoms with Crippen LogP contribution in [0.4, 0.5) is 0 Å². The molecule has 0 fully saturated rings. The third kappa shape index (κ3) is 4.42. The summed E-state index contributed by atoms with van der Waals surface area (Å²) in [6.45, 7) is 7.52. The first-order valence-electron chi connectivity index (χ1n) is 5.74. The maximum atomic E-state index is 4.32. The molecule has 0 aromatic carbocycles. The molecule has 6 nitrogen and oxygen atoms in total. The molecule has 0 aromatic heterocycles. The van der Waals surface area contributed by atoms with Gasteiger partial charge in [0.1, 0.15) is 23.8 Å². The Balaban J connectivity index is 0.00000144. The van der Waals surface area contributed by atoms with E-state index in [1.54, 1.807) is 0 Å². The van der Waals surface area contributed by atoms with Crippen LogP contribution in [0.15, 0.2) is 20.2 Å². The van der Waals surface area contributed by atoms with E-state index in [1.807, 2.05) is 13.8 Å². The Kier molecular flexibility index (Phi) is 7.86. The van der Waals surface area contributed by atoms with Gasteiger partial charge in [-0.25, -0.2) is 0 Å². The molecule has 2 unspecified atom stereocenters. The van der Waals surface area contributed by atoms with Gasteiger partial charge in [0.05, 0.1) is 13.1 Å². The number of nitrogens with zero attached hydrogens (tertiary/aromatic N) is 4. The molecule has 0 aromatic rings. The van der Waals surface area contributed by atoms with E-state index in [-0.39, 0.29) is 36.9 Å². The summed E-state index contributed by atoms with van der Waals surface area (Å²) in [5.74, 6) is 1.88. The summed E-state index contributed by atoms with van der Waals surface area (Å²) in [6, 6.07) is 0.0407. The van der Waals surface area contributed by atoms with Crippen LogP contribution in [-0.2, 0) is 0 Å². The first kappa shape index (κ1) is 17.1. The van der Waals surface area contributed by atoms with Gasteiger partial charge in [0.15, 0.2) is 0 Å². The van der Waals surface area contributed by atoms with Crippen molar-refractivity contribution in [3.63, 3.8) is 0 Å². The number of rotatable bonds is 4. The minimum Gasteiger partial charge on any atom is -0.370 e. The van der Waals surface area contributed by atoms with E-state index in [2.05, 4.69) is 30.8 Å². The average molecular weight is 295 g/mol. The van der Waals surface area contributed by atoms with Gasteiger partial charge in [-0.1, -0.05) is 0 Å². The topological polar surface area (TPSA) is 73.5 Å². The van der Waals surface area contributed by atoms with Crippen molar-refractivity contribution in [1.29, 1.82) is 0 Å². The fourth-order valence-corrected chi connectivity index (χ4v) is 1.70. The smallest absolute Gasteiger partial charge is 0.125 e. The average Bonchev–Trinajstić information content (AvgIpc) is 2.95. The lowest BCUT2D eigenvalue weighted by Gasteiger charge is -2.08. The molecular formula is C10H20Cl2N6. The molecular weight excluding hydrogens is 275 g/mol. The normalized spacial score (nSPS) is 21.0. The molecule has 0 spiro atoms. The van der Waals surface area contributed by atoms with Gasteiger partial charge >= 0.3 is 0 Å². The number of hydrogen-bond acceptors (Lipinski definition) is 6. The molecule has 18 heavy (non-hydrogen) atoms. The summed E-state index contributed by atoms with van der Waals surface area (Å²) in [5, 5.41) is 14.9. The minimum atomic E-state index is 0. The molecule has 104 valence electrons. The highest BCUT2D eigenvalue weighted by Gasteiger charge is 2.15. The van der Waals surface area contributed by atoms with Gasteiger partial charge in [-0.05, 0) is 13.8 Å². The van der Waals surface area contributed by atoms with Crippen LogP contribution >= 0.6 is 24.8 Å². The Hall–Kier alpha value is -0.880. The molecule has 2 heterocycles.